The molecule has 2 fully saturated rings. The number of aromatic nitrogens is 2. The van der Waals surface area contributed by atoms with Gasteiger partial charge in [-0.05, 0) is 40.4 Å². The summed E-state index contributed by atoms with van der Waals surface area (Å²) in [5, 5.41) is 2.62. The van der Waals surface area contributed by atoms with Crippen molar-refractivity contribution < 1.29 is 27.3 Å². The lowest BCUT2D eigenvalue weighted by Gasteiger charge is -2.50. The molecule has 3 atom stereocenters. The molecule has 2 aliphatic heterocycles. The van der Waals surface area contributed by atoms with E-state index in [0.717, 1.165) is 4.57 Å². The molecule has 0 radical (unpaired) electrons. The number of benzene rings is 1. The van der Waals surface area contributed by atoms with Gasteiger partial charge in [0.05, 0.1) is 6.61 Å². The molecule has 12 heteroatoms. The molecule has 0 bridgehead atoms. The molecular formula is C28H41N3O7Si2. The van der Waals surface area contributed by atoms with Crippen LogP contribution in [-0.4, -0.2) is 57.2 Å². The molecule has 3 heterocycles. The fourth-order valence-electron chi connectivity index (χ4n) is 5.65. The Morgan fingerprint density at radius 3 is 2.08 bits per heavy atom. The van der Waals surface area contributed by atoms with E-state index in [-0.39, 0.29) is 40.4 Å². The zero-order valence-corrected chi connectivity index (χ0v) is 26.5. The minimum absolute atomic E-state index is 0.0444. The first-order valence-electron chi connectivity index (χ1n) is 14.0. The van der Waals surface area contributed by atoms with Crippen LogP contribution >= 0.6 is 0 Å². The van der Waals surface area contributed by atoms with Crippen molar-refractivity contribution in [3.05, 3.63) is 58.6 Å². The Morgan fingerprint density at radius 2 is 1.52 bits per heavy atom. The minimum Gasteiger partial charge on any atom is -0.414 e. The molecule has 218 valence electrons. The summed E-state index contributed by atoms with van der Waals surface area (Å²) in [6, 6.07) is 10.1. The number of hydrogen-bond donors (Lipinski definition) is 1. The van der Waals surface area contributed by atoms with Crippen molar-refractivity contribution in [1.82, 2.24) is 9.55 Å². The predicted octanol–water partition coefficient (Wildman–Crippen LogP) is 4.92. The van der Waals surface area contributed by atoms with Crippen LogP contribution in [0.5, 0.6) is 0 Å². The highest BCUT2D eigenvalue weighted by molar-refractivity contribution is 6.84. The molecule has 1 N–H and O–H groups in total. The van der Waals surface area contributed by atoms with Crippen LogP contribution in [-0.2, 0) is 22.5 Å². The van der Waals surface area contributed by atoms with Gasteiger partial charge >= 0.3 is 22.8 Å². The third-order valence-corrected chi connectivity index (χ3v) is 18.1. The maximum Gasteiger partial charge on any atom is 0.352 e. The van der Waals surface area contributed by atoms with Crippen LogP contribution in [0.25, 0.3) is 0 Å². The highest BCUT2D eigenvalue weighted by Gasteiger charge is 2.61. The van der Waals surface area contributed by atoms with E-state index in [1.807, 2.05) is 0 Å². The number of carbonyl (C=O) groups excluding carboxylic acids is 2. The van der Waals surface area contributed by atoms with Crippen LogP contribution in [0.1, 0.15) is 72.0 Å². The predicted molar refractivity (Wildman–Crippen MR) is 156 cm³/mol. The van der Waals surface area contributed by atoms with Crippen molar-refractivity contribution in [2.75, 3.05) is 11.9 Å². The highest BCUT2D eigenvalue weighted by Crippen LogP contribution is 2.47. The standard InChI is InChI=1S/C28H41N3O7Si2/c1-17(2)39(18(3)4)35-16-22-25(37-40(38-39,19(5)6)20(7)8)24(32)27(36-22)31-15-14-23(30-28(31)34)29-26(33)21-12-10-9-11-13-21/h9-15,17-20,22,25,27H,16H2,1-8H3,(H,29,30,33,34)/t22-,25-,27+/m0/s1. The molecule has 0 unspecified atom stereocenters. The van der Waals surface area contributed by atoms with Gasteiger partial charge in [0, 0.05) is 11.8 Å². The molecule has 10 nitrogen and oxygen atoms in total. The van der Waals surface area contributed by atoms with Gasteiger partial charge in [-0.3, -0.25) is 14.2 Å². The van der Waals surface area contributed by atoms with E-state index in [0.29, 0.717) is 5.56 Å². The molecule has 1 amide bonds. The molecule has 4 rings (SSSR count). The molecule has 1 aromatic carbocycles. The van der Waals surface area contributed by atoms with Gasteiger partial charge < -0.3 is 23.0 Å². The van der Waals surface area contributed by atoms with Crippen LogP contribution in [0.4, 0.5) is 5.82 Å². The molecule has 2 aromatic rings. The topological polar surface area (TPSA) is 118 Å². The van der Waals surface area contributed by atoms with E-state index >= 15 is 0 Å². The number of nitrogens with one attached hydrogen (secondary N) is 1. The summed E-state index contributed by atoms with van der Waals surface area (Å²) in [4.78, 5) is 43.3. The quantitative estimate of drug-likeness (QED) is 0.454. The first kappa shape index (κ1) is 30.5. The number of Topliss-reactive ketones (excluding diaryl/α,β-unsaturated/α-hetero) is 1. The van der Waals surface area contributed by atoms with Gasteiger partial charge in [-0.2, -0.15) is 4.98 Å². The smallest absolute Gasteiger partial charge is 0.352 e. The van der Waals surface area contributed by atoms with Crippen LogP contribution in [0.3, 0.4) is 0 Å². The average molecular weight is 588 g/mol. The zero-order chi connectivity index (χ0) is 29.4. The van der Waals surface area contributed by atoms with Crippen LogP contribution in [0.15, 0.2) is 47.4 Å². The van der Waals surface area contributed by atoms with Crippen molar-refractivity contribution in [1.29, 1.82) is 0 Å². The number of ether oxygens (including phenoxy) is 1. The fourth-order valence-corrected chi connectivity index (χ4v) is 16.8. The van der Waals surface area contributed by atoms with Crippen molar-refractivity contribution in [3.63, 3.8) is 0 Å². The molecule has 0 saturated carbocycles. The SMILES string of the molecule is CC(C)[Si]1(C(C)C)OC[C@@H]2O[C@@H](n3ccc(NC(=O)c4ccccc4)nc3=O)C(=O)[C@H]2O[Si](C(C)C)(C(C)C)O1. The number of amides is 1. The number of ketones is 1. The minimum atomic E-state index is -3.03. The Hall–Kier alpha value is -2.49. The largest absolute Gasteiger partial charge is 0.414 e. The Labute approximate surface area is 237 Å². The van der Waals surface area contributed by atoms with E-state index in [4.69, 9.17) is 17.7 Å². The second kappa shape index (κ2) is 11.8. The summed E-state index contributed by atoms with van der Waals surface area (Å²) >= 11 is 0. The maximum absolute atomic E-state index is 13.8. The van der Waals surface area contributed by atoms with Crippen molar-refractivity contribution >= 4 is 34.6 Å². The molecule has 2 aliphatic rings. The number of anilines is 1. The van der Waals surface area contributed by atoms with Crippen molar-refractivity contribution in [3.8, 4) is 0 Å². The second-order valence-electron chi connectivity index (χ2n) is 11.8. The van der Waals surface area contributed by atoms with Gasteiger partial charge in [-0.1, -0.05) is 73.6 Å². The summed E-state index contributed by atoms with van der Waals surface area (Å²) in [5.41, 5.74) is 0.0976. The maximum atomic E-state index is 13.8. The Balaban J connectivity index is 1.65. The van der Waals surface area contributed by atoms with Gasteiger partial charge in [0.25, 0.3) is 5.91 Å². The van der Waals surface area contributed by atoms with Gasteiger partial charge in [-0.25, -0.2) is 4.79 Å². The lowest BCUT2D eigenvalue weighted by molar-refractivity contribution is -0.130. The van der Waals surface area contributed by atoms with Crippen LogP contribution < -0.4 is 11.0 Å². The van der Waals surface area contributed by atoms with E-state index in [2.05, 4.69) is 65.7 Å². The molecule has 0 aliphatic carbocycles. The number of hydrogen-bond acceptors (Lipinski definition) is 8. The molecular weight excluding hydrogens is 546 g/mol. The number of carbonyl (C=O) groups is 2. The normalized spacial score (nSPS) is 24.3. The number of nitrogens with zero attached hydrogens (tertiary/aromatic N) is 2. The van der Waals surface area contributed by atoms with E-state index in [9.17, 15) is 14.4 Å². The second-order valence-corrected chi connectivity index (χ2v) is 20.6. The Bertz CT molecular complexity index is 1270. The summed E-state index contributed by atoms with van der Waals surface area (Å²) in [6.07, 6.45) is -1.45. The third-order valence-electron chi connectivity index (χ3n) is 7.85. The summed E-state index contributed by atoms with van der Waals surface area (Å²) in [6.45, 7) is 16.9. The highest BCUT2D eigenvalue weighted by atomic mass is 28.5. The average Bonchev–Trinajstić information content (AvgIpc) is 3.18. The summed E-state index contributed by atoms with van der Waals surface area (Å²) < 4.78 is 28.0. The van der Waals surface area contributed by atoms with E-state index in [1.165, 1.54) is 12.3 Å². The fraction of sp³-hybridized carbons (Fsp3) is 0.571. The van der Waals surface area contributed by atoms with Gasteiger partial charge in [0.1, 0.15) is 18.0 Å². The summed E-state index contributed by atoms with van der Waals surface area (Å²) in [5.74, 6) is -0.687. The lowest BCUT2D eigenvalue weighted by atomic mass is 10.1. The van der Waals surface area contributed by atoms with Crippen LogP contribution in [0.2, 0.25) is 22.2 Å². The number of rotatable bonds is 7. The molecule has 1 aromatic heterocycles. The summed E-state index contributed by atoms with van der Waals surface area (Å²) in [7, 11) is -5.83. The van der Waals surface area contributed by atoms with Gasteiger partial charge in [0.15, 0.2) is 0 Å². The Morgan fingerprint density at radius 1 is 0.925 bits per heavy atom. The first-order valence-corrected chi connectivity index (χ1v) is 17.9. The van der Waals surface area contributed by atoms with E-state index < -0.39 is 47.2 Å². The van der Waals surface area contributed by atoms with Gasteiger partial charge in [0.2, 0.25) is 12.0 Å². The van der Waals surface area contributed by atoms with E-state index in [1.54, 1.807) is 30.3 Å². The first-order chi connectivity index (χ1) is 18.8. The van der Waals surface area contributed by atoms with Crippen LogP contribution in [0, 0.1) is 0 Å². The van der Waals surface area contributed by atoms with Gasteiger partial charge in [-0.15, -0.1) is 0 Å². The number of fused-ring (bicyclic) bond motifs is 1. The third kappa shape index (κ3) is 5.52. The zero-order valence-electron chi connectivity index (χ0n) is 24.5. The van der Waals surface area contributed by atoms with Crippen molar-refractivity contribution in [2.45, 2.75) is 96.0 Å². The van der Waals surface area contributed by atoms with Crippen molar-refractivity contribution in [2.24, 2.45) is 0 Å². The monoisotopic (exact) mass is 587 g/mol. The molecule has 40 heavy (non-hydrogen) atoms. The molecule has 2 saturated heterocycles. The Kier molecular flexibility index (Phi) is 8.98. The molecule has 0 spiro atoms. The lowest BCUT2D eigenvalue weighted by Crippen LogP contribution is -2.65.